The number of tetrazole rings is 1. The highest BCUT2D eigenvalue weighted by molar-refractivity contribution is 6.99. The second-order valence-corrected chi connectivity index (χ2v) is 5.48. The Morgan fingerprint density at radius 2 is 2.09 bits per heavy atom. The monoisotopic (exact) mass is 327 g/mol. The summed E-state index contributed by atoms with van der Waals surface area (Å²) >= 11 is 1.16. The van der Waals surface area contributed by atoms with Gasteiger partial charge in [0.25, 0.3) is 5.88 Å². The molecular weight excluding hydrogens is 314 g/mol. The molecule has 2 aromatic heterocycles. The van der Waals surface area contributed by atoms with E-state index < -0.39 is 0 Å². The van der Waals surface area contributed by atoms with Gasteiger partial charge in [0.1, 0.15) is 17.8 Å². The first-order valence-electron chi connectivity index (χ1n) is 7.14. The SMILES string of the molecule is C1=C(c2nsnc2Oc2ccc(-n3cnnn3)cc2)CCNC1. The average Bonchev–Trinajstić information content (AvgIpc) is 3.28. The van der Waals surface area contributed by atoms with E-state index in [0.717, 1.165) is 42.6 Å². The fraction of sp³-hybridized carbons (Fsp3) is 0.214. The van der Waals surface area contributed by atoms with Gasteiger partial charge in [-0.2, -0.15) is 4.37 Å². The lowest BCUT2D eigenvalue weighted by Gasteiger charge is -2.13. The second-order valence-electron chi connectivity index (χ2n) is 4.95. The summed E-state index contributed by atoms with van der Waals surface area (Å²) in [7, 11) is 0. The van der Waals surface area contributed by atoms with Crippen molar-refractivity contribution in [3.8, 4) is 17.3 Å². The normalized spacial score (nSPS) is 14.5. The molecule has 0 radical (unpaired) electrons. The third-order valence-corrected chi connectivity index (χ3v) is 4.00. The van der Waals surface area contributed by atoms with Crippen LogP contribution in [0.15, 0.2) is 36.7 Å². The molecule has 0 fully saturated rings. The molecule has 1 aliphatic rings. The van der Waals surface area contributed by atoms with Crippen molar-refractivity contribution in [2.75, 3.05) is 13.1 Å². The van der Waals surface area contributed by atoms with Gasteiger partial charge in [0.05, 0.1) is 17.4 Å². The van der Waals surface area contributed by atoms with Crippen LogP contribution in [-0.4, -0.2) is 42.0 Å². The summed E-state index contributed by atoms with van der Waals surface area (Å²) in [6.07, 6.45) is 4.61. The Morgan fingerprint density at radius 3 is 2.83 bits per heavy atom. The number of nitrogens with one attached hydrogen (secondary N) is 1. The maximum atomic E-state index is 5.89. The summed E-state index contributed by atoms with van der Waals surface area (Å²) in [4.78, 5) is 0. The third-order valence-electron chi connectivity index (χ3n) is 3.49. The molecule has 3 heterocycles. The van der Waals surface area contributed by atoms with E-state index in [1.165, 1.54) is 5.57 Å². The quantitative estimate of drug-likeness (QED) is 0.779. The van der Waals surface area contributed by atoms with Gasteiger partial charge >= 0.3 is 0 Å². The lowest BCUT2D eigenvalue weighted by atomic mass is 10.1. The van der Waals surface area contributed by atoms with E-state index in [0.29, 0.717) is 11.6 Å². The Hall–Kier alpha value is -2.65. The predicted molar refractivity (Wildman–Crippen MR) is 84.6 cm³/mol. The Balaban J connectivity index is 1.55. The highest BCUT2D eigenvalue weighted by Gasteiger charge is 2.16. The van der Waals surface area contributed by atoms with Crippen molar-refractivity contribution in [2.45, 2.75) is 6.42 Å². The van der Waals surface area contributed by atoms with Gasteiger partial charge in [-0.25, -0.2) is 4.68 Å². The summed E-state index contributed by atoms with van der Waals surface area (Å²) < 4.78 is 16.1. The van der Waals surface area contributed by atoms with Crippen molar-refractivity contribution >= 4 is 17.3 Å². The highest BCUT2D eigenvalue weighted by Crippen LogP contribution is 2.30. The molecule has 0 spiro atoms. The maximum absolute atomic E-state index is 5.89. The Bertz CT molecular complexity index is 810. The minimum absolute atomic E-state index is 0.554. The van der Waals surface area contributed by atoms with Crippen LogP contribution < -0.4 is 10.1 Å². The lowest BCUT2D eigenvalue weighted by molar-refractivity contribution is 0.465. The van der Waals surface area contributed by atoms with Crippen molar-refractivity contribution in [3.05, 3.63) is 42.4 Å². The number of hydrogen-bond donors (Lipinski definition) is 1. The van der Waals surface area contributed by atoms with Crippen molar-refractivity contribution in [1.82, 2.24) is 34.3 Å². The lowest BCUT2D eigenvalue weighted by Crippen LogP contribution is -2.20. The van der Waals surface area contributed by atoms with Crippen LogP contribution in [0.25, 0.3) is 11.3 Å². The first-order valence-corrected chi connectivity index (χ1v) is 7.87. The predicted octanol–water partition coefficient (Wildman–Crippen LogP) is 1.68. The van der Waals surface area contributed by atoms with Crippen LogP contribution >= 0.6 is 11.7 Å². The largest absolute Gasteiger partial charge is 0.436 e. The number of nitrogens with zero attached hydrogens (tertiary/aromatic N) is 6. The number of rotatable bonds is 4. The van der Waals surface area contributed by atoms with E-state index in [-0.39, 0.29) is 0 Å². The Morgan fingerprint density at radius 1 is 1.17 bits per heavy atom. The number of benzene rings is 1. The van der Waals surface area contributed by atoms with E-state index in [1.54, 1.807) is 11.0 Å². The van der Waals surface area contributed by atoms with E-state index in [9.17, 15) is 0 Å². The first kappa shape index (κ1) is 14.0. The molecule has 0 aliphatic carbocycles. The molecule has 0 bridgehead atoms. The van der Waals surface area contributed by atoms with E-state index >= 15 is 0 Å². The van der Waals surface area contributed by atoms with Crippen molar-refractivity contribution in [1.29, 1.82) is 0 Å². The minimum atomic E-state index is 0.554. The molecule has 8 nitrogen and oxygen atoms in total. The van der Waals surface area contributed by atoms with Gasteiger partial charge in [0, 0.05) is 6.54 Å². The molecule has 1 aliphatic heterocycles. The van der Waals surface area contributed by atoms with Crippen LogP contribution in [0.4, 0.5) is 0 Å². The van der Waals surface area contributed by atoms with Gasteiger partial charge in [0.2, 0.25) is 0 Å². The van der Waals surface area contributed by atoms with Crippen LogP contribution in [0.3, 0.4) is 0 Å². The summed E-state index contributed by atoms with van der Waals surface area (Å²) in [6.45, 7) is 1.80. The molecule has 0 saturated carbocycles. The van der Waals surface area contributed by atoms with Gasteiger partial charge in [-0.1, -0.05) is 6.08 Å². The molecule has 1 N–H and O–H groups in total. The van der Waals surface area contributed by atoms with E-state index in [1.807, 2.05) is 24.3 Å². The maximum Gasteiger partial charge on any atom is 0.259 e. The van der Waals surface area contributed by atoms with Gasteiger partial charge in [-0.3, -0.25) is 0 Å². The minimum Gasteiger partial charge on any atom is -0.436 e. The molecule has 23 heavy (non-hydrogen) atoms. The van der Waals surface area contributed by atoms with Crippen LogP contribution in [0.2, 0.25) is 0 Å². The van der Waals surface area contributed by atoms with Gasteiger partial charge < -0.3 is 10.1 Å². The van der Waals surface area contributed by atoms with E-state index in [4.69, 9.17) is 4.74 Å². The standard InChI is InChI=1S/C14H13N7OS/c1-3-12(4-2-11(1)21-9-16-19-20-21)22-14-13(17-23-18-14)10-5-7-15-8-6-10/h1-5,9,15H,6-8H2. The molecule has 0 atom stereocenters. The molecule has 0 amide bonds. The van der Waals surface area contributed by atoms with Gasteiger partial charge in [-0.15, -0.1) is 9.47 Å². The van der Waals surface area contributed by atoms with Gasteiger partial charge in [0.15, 0.2) is 0 Å². The number of aromatic nitrogens is 6. The van der Waals surface area contributed by atoms with Gasteiger partial charge in [-0.05, 0) is 53.2 Å². The molecule has 9 heteroatoms. The summed E-state index contributed by atoms with van der Waals surface area (Å²) in [5.41, 5.74) is 2.87. The molecule has 116 valence electrons. The molecule has 3 aromatic rings. The summed E-state index contributed by atoms with van der Waals surface area (Å²) in [5, 5.41) is 14.4. The zero-order valence-corrected chi connectivity index (χ0v) is 12.9. The first-order chi connectivity index (χ1) is 11.4. The molecular formula is C14H13N7OS. The smallest absolute Gasteiger partial charge is 0.259 e. The fourth-order valence-corrected chi connectivity index (χ4v) is 2.86. The highest BCUT2D eigenvalue weighted by atomic mass is 32.1. The summed E-state index contributed by atoms with van der Waals surface area (Å²) in [5.74, 6) is 1.25. The molecule has 4 rings (SSSR count). The van der Waals surface area contributed by atoms with Crippen LogP contribution in [0.5, 0.6) is 11.6 Å². The second kappa shape index (κ2) is 6.23. The van der Waals surface area contributed by atoms with Crippen LogP contribution in [0.1, 0.15) is 12.1 Å². The Kier molecular flexibility index (Phi) is 3.78. The summed E-state index contributed by atoms with van der Waals surface area (Å²) in [6, 6.07) is 7.48. The topological polar surface area (TPSA) is 90.6 Å². The van der Waals surface area contributed by atoms with Crippen molar-refractivity contribution in [2.24, 2.45) is 0 Å². The third kappa shape index (κ3) is 2.96. The number of ether oxygens (including phenoxy) is 1. The molecule has 0 saturated heterocycles. The Labute approximate surface area is 136 Å². The van der Waals surface area contributed by atoms with Crippen molar-refractivity contribution in [3.63, 3.8) is 0 Å². The fourth-order valence-electron chi connectivity index (χ4n) is 2.34. The molecule has 0 unspecified atom stereocenters. The average molecular weight is 327 g/mol. The van der Waals surface area contributed by atoms with Crippen LogP contribution in [-0.2, 0) is 0 Å². The zero-order valence-electron chi connectivity index (χ0n) is 12.1. The molecule has 1 aromatic carbocycles. The van der Waals surface area contributed by atoms with E-state index in [2.05, 4.69) is 35.7 Å². The van der Waals surface area contributed by atoms with Crippen molar-refractivity contribution < 1.29 is 4.74 Å². The number of hydrogen-bond acceptors (Lipinski definition) is 8. The van der Waals surface area contributed by atoms with Crippen LogP contribution in [0, 0.1) is 0 Å². The zero-order chi connectivity index (χ0) is 15.5.